The third-order valence-corrected chi connectivity index (χ3v) is 8.79. The summed E-state index contributed by atoms with van der Waals surface area (Å²) in [5.74, 6) is -1.83. The van der Waals surface area contributed by atoms with Gasteiger partial charge in [0.25, 0.3) is 0 Å². The maximum atomic E-state index is 13.1. The van der Waals surface area contributed by atoms with E-state index in [0.717, 1.165) is 5.41 Å². The molecule has 14 heteroatoms. The highest BCUT2D eigenvalue weighted by Gasteiger charge is 2.37. The number of hydrogen-bond donors (Lipinski definition) is 3. The zero-order chi connectivity index (χ0) is 28.2. The van der Waals surface area contributed by atoms with E-state index in [-0.39, 0.29) is 18.4 Å². The fraction of sp³-hybridized carbons (Fsp3) is 0.360. The average Bonchev–Trinajstić information content (AvgIpc) is 3.55. The van der Waals surface area contributed by atoms with Crippen molar-refractivity contribution in [2.75, 3.05) is 25.0 Å². The quantitative estimate of drug-likeness (QED) is 0.403. The lowest BCUT2D eigenvalue weighted by Gasteiger charge is -2.33. The largest absolute Gasteiger partial charge is 0.366 e. The SMILES string of the molecule is NC(=O)c1ccc(NC(=O)C2CCCN2C(=O)CN2CCCC(NS(=O)(=O)/C=C/c3ccc(Cl)s3)C2=O)cc1. The Labute approximate surface area is 235 Å². The Kier molecular flexibility index (Phi) is 9.05. The first-order chi connectivity index (χ1) is 18.5. The number of benzene rings is 1. The molecule has 0 aliphatic carbocycles. The van der Waals surface area contributed by atoms with E-state index in [1.807, 2.05) is 0 Å². The molecule has 208 valence electrons. The van der Waals surface area contributed by atoms with Gasteiger partial charge in [0.1, 0.15) is 12.1 Å². The molecule has 2 aromatic rings. The smallest absolute Gasteiger partial charge is 0.248 e. The molecule has 0 saturated carbocycles. The monoisotopic (exact) mass is 593 g/mol. The number of carbonyl (C=O) groups excluding carboxylic acids is 4. The third kappa shape index (κ3) is 7.44. The molecule has 0 radical (unpaired) electrons. The van der Waals surface area contributed by atoms with Gasteiger partial charge >= 0.3 is 0 Å². The Morgan fingerprint density at radius 1 is 1.08 bits per heavy atom. The highest BCUT2D eigenvalue weighted by Crippen LogP contribution is 2.23. The minimum absolute atomic E-state index is 0.252. The molecule has 39 heavy (non-hydrogen) atoms. The molecule has 2 aliphatic heterocycles. The van der Waals surface area contributed by atoms with Crippen LogP contribution >= 0.6 is 22.9 Å². The highest BCUT2D eigenvalue weighted by atomic mass is 35.5. The number of thiophene rings is 1. The molecule has 4 N–H and O–H groups in total. The van der Waals surface area contributed by atoms with Gasteiger partial charge in [-0.2, -0.15) is 4.72 Å². The number of nitrogens with zero attached hydrogens (tertiary/aromatic N) is 2. The number of amides is 4. The van der Waals surface area contributed by atoms with Crippen LogP contribution in [0.1, 0.15) is 40.9 Å². The molecule has 2 aliphatic rings. The summed E-state index contributed by atoms with van der Waals surface area (Å²) in [5, 5.41) is 3.74. The van der Waals surface area contributed by atoms with Crippen LogP contribution in [0, 0.1) is 0 Å². The molecular weight excluding hydrogens is 566 g/mol. The van der Waals surface area contributed by atoms with Crippen LogP contribution in [0.2, 0.25) is 4.34 Å². The molecule has 1 aromatic carbocycles. The first-order valence-electron chi connectivity index (χ1n) is 12.3. The maximum Gasteiger partial charge on any atom is 0.248 e. The Balaban J connectivity index is 1.34. The topological polar surface area (TPSA) is 159 Å². The number of nitrogens with two attached hydrogens (primary N) is 1. The number of primary amides is 1. The fourth-order valence-corrected chi connectivity index (χ4v) is 6.62. The summed E-state index contributed by atoms with van der Waals surface area (Å²) in [4.78, 5) is 53.8. The van der Waals surface area contributed by atoms with E-state index in [9.17, 15) is 27.6 Å². The summed E-state index contributed by atoms with van der Waals surface area (Å²) in [5.41, 5.74) is 6.01. The molecule has 1 aromatic heterocycles. The molecule has 0 bridgehead atoms. The lowest BCUT2D eigenvalue weighted by atomic mass is 10.1. The van der Waals surface area contributed by atoms with E-state index in [1.54, 1.807) is 24.3 Å². The summed E-state index contributed by atoms with van der Waals surface area (Å²) in [6.45, 7) is 0.425. The van der Waals surface area contributed by atoms with Gasteiger partial charge in [0.2, 0.25) is 33.7 Å². The number of carbonyl (C=O) groups is 4. The van der Waals surface area contributed by atoms with E-state index in [4.69, 9.17) is 17.3 Å². The molecule has 2 fully saturated rings. The van der Waals surface area contributed by atoms with Crippen molar-refractivity contribution in [2.24, 2.45) is 5.73 Å². The van der Waals surface area contributed by atoms with Crippen molar-refractivity contribution in [2.45, 2.75) is 37.8 Å². The predicted octanol–water partition coefficient (Wildman–Crippen LogP) is 2.01. The molecule has 2 saturated heterocycles. The van der Waals surface area contributed by atoms with Gasteiger partial charge in [0.15, 0.2) is 0 Å². The van der Waals surface area contributed by atoms with Crippen molar-refractivity contribution in [1.82, 2.24) is 14.5 Å². The van der Waals surface area contributed by atoms with Crippen LogP contribution in [-0.4, -0.2) is 73.6 Å². The van der Waals surface area contributed by atoms with E-state index < -0.39 is 33.9 Å². The van der Waals surface area contributed by atoms with Crippen molar-refractivity contribution in [1.29, 1.82) is 0 Å². The summed E-state index contributed by atoms with van der Waals surface area (Å²) in [6.07, 6.45) is 3.32. The van der Waals surface area contributed by atoms with Crippen LogP contribution in [0.25, 0.3) is 6.08 Å². The van der Waals surface area contributed by atoms with E-state index >= 15 is 0 Å². The van der Waals surface area contributed by atoms with Crippen molar-refractivity contribution in [3.05, 3.63) is 56.6 Å². The Hall–Kier alpha value is -3.26. The number of piperidine rings is 1. The normalized spacial score (nSPS) is 20.0. The molecule has 2 atom stereocenters. The number of hydrogen-bond acceptors (Lipinski definition) is 7. The van der Waals surface area contributed by atoms with Crippen molar-refractivity contribution in [3.8, 4) is 0 Å². The lowest BCUT2D eigenvalue weighted by Crippen LogP contribution is -2.55. The van der Waals surface area contributed by atoms with Crippen molar-refractivity contribution < 1.29 is 27.6 Å². The predicted molar refractivity (Wildman–Crippen MR) is 148 cm³/mol. The van der Waals surface area contributed by atoms with E-state index in [1.165, 1.54) is 39.3 Å². The zero-order valence-electron chi connectivity index (χ0n) is 20.8. The highest BCUT2D eigenvalue weighted by molar-refractivity contribution is 7.92. The van der Waals surface area contributed by atoms with E-state index in [2.05, 4.69) is 10.0 Å². The van der Waals surface area contributed by atoms with Crippen molar-refractivity contribution in [3.63, 3.8) is 0 Å². The van der Waals surface area contributed by atoms with Crippen molar-refractivity contribution >= 4 is 68.4 Å². The fourth-order valence-electron chi connectivity index (χ4n) is 4.55. The molecule has 11 nitrogen and oxygen atoms in total. The number of anilines is 1. The summed E-state index contributed by atoms with van der Waals surface area (Å²) in [6, 6.07) is 7.74. The van der Waals surface area contributed by atoms with Gasteiger partial charge < -0.3 is 20.9 Å². The number of halogens is 1. The van der Waals surface area contributed by atoms with Crippen LogP contribution in [-0.2, 0) is 24.4 Å². The van der Waals surface area contributed by atoms with Crippen LogP contribution in [0.3, 0.4) is 0 Å². The summed E-state index contributed by atoms with van der Waals surface area (Å²) < 4.78 is 28.0. The Morgan fingerprint density at radius 3 is 2.46 bits per heavy atom. The summed E-state index contributed by atoms with van der Waals surface area (Å²) in [7, 11) is -3.92. The number of nitrogens with one attached hydrogen (secondary N) is 2. The molecule has 4 rings (SSSR count). The van der Waals surface area contributed by atoms with Gasteiger partial charge in [0.05, 0.1) is 10.9 Å². The minimum Gasteiger partial charge on any atom is -0.366 e. The number of sulfonamides is 1. The van der Waals surface area contributed by atoms with Gasteiger partial charge in [-0.1, -0.05) is 11.6 Å². The molecule has 0 spiro atoms. The first-order valence-corrected chi connectivity index (χ1v) is 15.0. The second-order valence-corrected chi connectivity index (χ2v) is 12.6. The zero-order valence-corrected chi connectivity index (χ0v) is 23.2. The van der Waals surface area contributed by atoms with Gasteiger partial charge in [0, 0.05) is 34.6 Å². The maximum absolute atomic E-state index is 13.1. The standard InChI is InChI=1S/C25H28ClN5O6S2/c26-21-10-9-18(38-21)11-14-39(36,37)29-19-3-1-12-30(25(19)35)15-22(32)31-13-2-4-20(31)24(34)28-17-7-5-16(6-8-17)23(27)33/h5-11,14,19-20,29H,1-4,12-13,15H2,(H2,27,33)(H,28,34)/b14-11+. The second kappa shape index (κ2) is 12.3. The van der Waals surface area contributed by atoms with Gasteiger partial charge in [-0.05, 0) is 68.2 Å². The molecule has 2 unspecified atom stereocenters. The van der Waals surface area contributed by atoms with Crippen LogP contribution in [0.4, 0.5) is 5.69 Å². The van der Waals surface area contributed by atoms with Crippen LogP contribution < -0.4 is 15.8 Å². The van der Waals surface area contributed by atoms with Crippen LogP contribution in [0.15, 0.2) is 41.8 Å². The molecule has 4 amide bonds. The first kappa shape index (κ1) is 28.7. The van der Waals surface area contributed by atoms with Gasteiger partial charge in [-0.25, -0.2) is 8.42 Å². The average molecular weight is 594 g/mol. The number of likely N-dealkylation sites (tertiary alicyclic amines) is 2. The molecular formula is C25H28ClN5O6S2. The van der Waals surface area contributed by atoms with Gasteiger partial charge in [-0.15, -0.1) is 11.3 Å². The summed E-state index contributed by atoms with van der Waals surface area (Å²) >= 11 is 7.09. The molecule has 3 heterocycles. The Bertz CT molecular complexity index is 1390. The van der Waals surface area contributed by atoms with Crippen LogP contribution in [0.5, 0.6) is 0 Å². The lowest BCUT2D eigenvalue weighted by molar-refractivity contribution is -0.144. The Morgan fingerprint density at radius 2 is 1.79 bits per heavy atom. The third-order valence-electron chi connectivity index (χ3n) is 6.48. The number of rotatable bonds is 9. The minimum atomic E-state index is -3.92. The second-order valence-electron chi connectivity index (χ2n) is 9.24. The van der Waals surface area contributed by atoms with Gasteiger partial charge in [-0.3, -0.25) is 19.2 Å². The van der Waals surface area contributed by atoms with E-state index in [0.29, 0.717) is 59.2 Å².